The van der Waals surface area contributed by atoms with E-state index in [-0.39, 0.29) is 0 Å². The number of hydrogen-bond acceptors (Lipinski definition) is 2. The van der Waals surface area contributed by atoms with Gasteiger partial charge in [0.2, 0.25) is 0 Å². The van der Waals surface area contributed by atoms with E-state index >= 15 is 0 Å². The highest BCUT2D eigenvalue weighted by Gasteiger charge is 2.18. The third-order valence-electron chi connectivity index (χ3n) is 5.11. The maximum Gasteiger partial charge on any atom is 0.0979 e. The second-order valence-electron chi connectivity index (χ2n) is 6.88. The summed E-state index contributed by atoms with van der Waals surface area (Å²) < 4.78 is 4.36. The van der Waals surface area contributed by atoms with Crippen LogP contribution in [0.25, 0.3) is 33.5 Å². The summed E-state index contributed by atoms with van der Waals surface area (Å²) in [6.45, 7) is 3.71. The van der Waals surface area contributed by atoms with Crippen LogP contribution in [0.4, 0.5) is 0 Å². The number of nitrogens with zero attached hydrogens (tertiary/aromatic N) is 4. The lowest BCUT2D eigenvalue weighted by molar-refractivity contribution is 0.744. The number of rotatable bonds is 5. The molecule has 0 aliphatic heterocycles. The summed E-state index contributed by atoms with van der Waals surface area (Å²) in [5.74, 6) is 0. The lowest BCUT2D eigenvalue weighted by Gasteiger charge is -2.11. The number of aromatic nitrogens is 5. The van der Waals surface area contributed by atoms with Crippen LogP contribution in [-0.4, -0.2) is 24.1 Å². The molecular weight excluding hydrogens is 346 g/mol. The highest BCUT2D eigenvalue weighted by atomic mass is 15.1. The van der Waals surface area contributed by atoms with Crippen LogP contribution in [0.1, 0.15) is 12.6 Å². The quantitative estimate of drug-likeness (QED) is 0.477. The Morgan fingerprint density at radius 3 is 2.57 bits per heavy atom. The molecule has 0 atom stereocenters. The van der Waals surface area contributed by atoms with Gasteiger partial charge >= 0.3 is 0 Å². The molecule has 0 saturated heterocycles. The molecule has 3 aromatic heterocycles. The molecule has 0 fully saturated rings. The van der Waals surface area contributed by atoms with E-state index in [1.54, 1.807) is 0 Å². The average molecular weight is 367 g/mol. The molecule has 0 aliphatic carbocycles. The third kappa shape index (κ3) is 2.81. The molecule has 5 rings (SSSR count). The maximum absolute atomic E-state index is 4.78. The van der Waals surface area contributed by atoms with Crippen molar-refractivity contribution < 1.29 is 0 Å². The number of fused-ring (bicyclic) bond motifs is 1. The Bertz CT molecular complexity index is 1190. The molecule has 3 heterocycles. The number of aryl methyl sites for hydroxylation is 1. The molecular formula is C23H21N5. The van der Waals surface area contributed by atoms with E-state index in [9.17, 15) is 0 Å². The molecule has 138 valence electrons. The highest BCUT2D eigenvalue weighted by molar-refractivity contribution is 5.80. The van der Waals surface area contributed by atoms with Gasteiger partial charge in [0.15, 0.2) is 0 Å². The van der Waals surface area contributed by atoms with E-state index in [4.69, 9.17) is 4.98 Å². The molecule has 0 radical (unpaired) electrons. The summed E-state index contributed by atoms with van der Waals surface area (Å²) in [6.07, 6.45) is 5.73. The number of nitrogens with one attached hydrogen (secondary N) is 1. The number of para-hydroxylation sites is 1. The maximum atomic E-state index is 4.78. The van der Waals surface area contributed by atoms with Crippen molar-refractivity contribution in [2.75, 3.05) is 0 Å². The second-order valence-corrected chi connectivity index (χ2v) is 6.88. The summed E-state index contributed by atoms with van der Waals surface area (Å²) >= 11 is 0. The average Bonchev–Trinajstić information content (AvgIpc) is 3.45. The van der Waals surface area contributed by atoms with Gasteiger partial charge in [-0.3, -0.25) is 0 Å². The van der Waals surface area contributed by atoms with Gasteiger partial charge in [-0.2, -0.15) is 0 Å². The standard InChI is InChI=1S/C23H21N5/c1-2-27-15-24-13-21(27)23-22(17-8-4-3-5-9-17)25-16-28(23)14-19-12-18-10-6-7-11-20(18)26-19/h3-13,15-16,26H,2,14H2,1H3. The number of aromatic amines is 1. The molecule has 1 N–H and O–H groups in total. The molecule has 5 aromatic rings. The Morgan fingerprint density at radius 1 is 0.929 bits per heavy atom. The SMILES string of the molecule is CCn1cncc1-c1c(-c2ccccc2)ncn1Cc1cc2ccccc2[nH]1. The van der Waals surface area contributed by atoms with E-state index in [1.807, 2.05) is 37.1 Å². The zero-order valence-corrected chi connectivity index (χ0v) is 15.7. The predicted octanol–water partition coefficient (Wildman–Crippen LogP) is 4.96. The molecule has 0 bridgehead atoms. The second kappa shape index (κ2) is 6.85. The topological polar surface area (TPSA) is 51.4 Å². The minimum Gasteiger partial charge on any atom is -0.357 e. The molecule has 0 unspecified atom stereocenters. The van der Waals surface area contributed by atoms with Crippen molar-refractivity contribution in [3.63, 3.8) is 0 Å². The number of hydrogen-bond donors (Lipinski definition) is 1. The summed E-state index contributed by atoms with van der Waals surface area (Å²) in [6, 6.07) is 20.9. The number of imidazole rings is 2. The molecule has 5 nitrogen and oxygen atoms in total. The van der Waals surface area contributed by atoms with Crippen molar-refractivity contribution in [1.29, 1.82) is 0 Å². The normalized spacial score (nSPS) is 11.3. The van der Waals surface area contributed by atoms with Gasteiger partial charge < -0.3 is 14.1 Å². The molecule has 28 heavy (non-hydrogen) atoms. The third-order valence-corrected chi connectivity index (χ3v) is 5.11. The van der Waals surface area contributed by atoms with Crippen LogP contribution in [0, 0.1) is 0 Å². The lowest BCUT2D eigenvalue weighted by Crippen LogP contribution is -2.04. The van der Waals surface area contributed by atoms with Gasteiger partial charge in [-0.15, -0.1) is 0 Å². The van der Waals surface area contributed by atoms with E-state index in [0.717, 1.165) is 46.9 Å². The first-order chi connectivity index (χ1) is 13.8. The Morgan fingerprint density at radius 2 is 1.75 bits per heavy atom. The smallest absolute Gasteiger partial charge is 0.0979 e. The van der Waals surface area contributed by atoms with Crippen LogP contribution < -0.4 is 0 Å². The van der Waals surface area contributed by atoms with E-state index in [0.29, 0.717) is 0 Å². The van der Waals surface area contributed by atoms with Gasteiger partial charge in [-0.1, -0.05) is 48.5 Å². The van der Waals surface area contributed by atoms with E-state index in [1.165, 1.54) is 5.39 Å². The molecule has 0 amide bonds. The Kier molecular flexibility index (Phi) is 4.05. The highest BCUT2D eigenvalue weighted by Crippen LogP contribution is 2.31. The summed E-state index contributed by atoms with van der Waals surface area (Å²) in [5.41, 5.74) is 6.56. The monoisotopic (exact) mass is 367 g/mol. The fourth-order valence-corrected chi connectivity index (χ4v) is 3.75. The van der Waals surface area contributed by atoms with Crippen LogP contribution >= 0.6 is 0 Å². The van der Waals surface area contributed by atoms with Crippen molar-refractivity contribution in [3.05, 3.63) is 85.2 Å². The van der Waals surface area contributed by atoms with Crippen LogP contribution in [-0.2, 0) is 13.1 Å². The summed E-state index contributed by atoms with van der Waals surface area (Å²) in [5, 5.41) is 1.22. The first-order valence-corrected chi connectivity index (χ1v) is 9.51. The van der Waals surface area contributed by atoms with Crippen molar-refractivity contribution in [3.8, 4) is 22.6 Å². The Hall–Kier alpha value is -3.60. The van der Waals surface area contributed by atoms with Crippen molar-refractivity contribution >= 4 is 10.9 Å². The van der Waals surface area contributed by atoms with Gasteiger partial charge in [-0.05, 0) is 24.4 Å². The summed E-state index contributed by atoms with van der Waals surface area (Å²) in [7, 11) is 0. The van der Waals surface area contributed by atoms with E-state index < -0.39 is 0 Å². The minimum absolute atomic E-state index is 0.721. The van der Waals surface area contributed by atoms with Gasteiger partial charge in [0, 0.05) is 23.3 Å². The first-order valence-electron chi connectivity index (χ1n) is 9.51. The first kappa shape index (κ1) is 16.6. The fourth-order valence-electron chi connectivity index (χ4n) is 3.75. The van der Waals surface area contributed by atoms with Crippen molar-refractivity contribution in [1.82, 2.24) is 24.1 Å². The van der Waals surface area contributed by atoms with Crippen molar-refractivity contribution in [2.45, 2.75) is 20.0 Å². The summed E-state index contributed by atoms with van der Waals surface area (Å²) in [4.78, 5) is 12.7. The fraction of sp³-hybridized carbons (Fsp3) is 0.130. The predicted molar refractivity (Wildman–Crippen MR) is 112 cm³/mol. The molecule has 5 heteroatoms. The number of H-pyrrole nitrogens is 1. The Balaban J connectivity index is 1.64. The van der Waals surface area contributed by atoms with E-state index in [2.05, 4.69) is 68.5 Å². The lowest BCUT2D eigenvalue weighted by atomic mass is 10.1. The van der Waals surface area contributed by atoms with Crippen molar-refractivity contribution in [2.24, 2.45) is 0 Å². The molecule has 0 saturated carbocycles. The van der Waals surface area contributed by atoms with Gasteiger partial charge in [0.1, 0.15) is 0 Å². The molecule has 2 aromatic carbocycles. The van der Waals surface area contributed by atoms with Gasteiger partial charge in [0.05, 0.1) is 42.5 Å². The van der Waals surface area contributed by atoms with Gasteiger partial charge in [-0.25, -0.2) is 9.97 Å². The largest absolute Gasteiger partial charge is 0.357 e. The van der Waals surface area contributed by atoms with Crippen LogP contribution in [0.15, 0.2) is 79.5 Å². The van der Waals surface area contributed by atoms with Gasteiger partial charge in [0.25, 0.3) is 0 Å². The Labute approximate surface area is 163 Å². The number of benzene rings is 2. The zero-order chi connectivity index (χ0) is 18.9. The van der Waals surface area contributed by atoms with Crippen LogP contribution in [0.2, 0.25) is 0 Å². The van der Waals surface area contributed by atoms with Crippen LogP contribution in [0.5, 0.6) is 0 Å². The zero-order valence-electron chi connectivity index (χ0n) is 15.7. The van der Waals surface area contributed by atoms with Crippen LogP contribution in [0.3, 0.4) is 0 Å². The molecule has 0 aliphatic rings. The molecule has 0 spiro atoms. The minimum atomic E-state index is 0.721.